The number of hydrogen-bond acceptors (Lipinski definition) is 3. The van der Waals surface area contributed by atoms with Crippen molar-refractivity contribution in [2.45, 2.75) is 13.8 Å². The molecule has 0 unspecified atom stereocenters. The highest BCUT2D eigenvalue weighted by atomic mass is 16.5. The fraction of sp³-hybridized carbons (Fsp3) is 0.200. The SMILES string of the molecule is CCOC(=O)c1c[nH]c(C)c1-c1ccccc1C#N. The first-order chi connectivity index (χ1) is 9.19. The topological polar surface area (TPSA) is 65.9 Å². The van der Waals surface area contributed by atoms with Crippen molar-refractivity contribution < 1.29 is 9.53 Å². The minimum atomic E-state index is -0.380. The number of rotatable bonds is 3. The molecule has 1 aromatic heterocycles. The summed E-state index contributed by atoms with van der Waals surface area (Å²) in [4.78, 5) is 14.9. The van der Waals surface area contributed by atoms with Crippen molar-refractivity contribution in [3.63, 3.8) is 0 Å². The molecule has 0 spiro atoms. The predicted molar refractivity (Wildman–Crippen MR) is 71.6 cm³/mol. The second-order valence-electron chi connectivity index (χ2n) is 4.08. The lowest BCUT2D eigenvalue weighted by Crippen LogP contribution is -2.05. The van der Waals surface area contributed by atoms with Crippen LogP contribution in [0.3, 0.4) is 0 Å². The van der Waals surface area contributed by atoms with Crippen LogP contribution in [0.2, 0.25) is 0 Å². The van der Waals surface area contributed by atoms with E-state index in [0.717, 1.165) is 16.8 Å². The lowest BCUT2D eigenvalue weighted by atomic mass is 9.97. The number of nitrogens with one attached hydrogen (secondary N) is 1. The zero-order valence-corrected chi connectivity index (χ0v) is 10.9. The Labute approximate surface area is 111 Å². The van der Waals surface area contributed by atoms with E-state index < -0.39 is 0 Å². The average molecular weight is 254 g/mol. The van der Waals surface area contributed by atoms with Crippen molar-refractivity contribution >= 4 is 5.97 Å². The molecule has 0 radical (unpaired) electrons. The van der Waals surface area contributed by atoms with Gasteiger partial charge in [-0.25, -0.2) is 4.79 Å². The Morgan fingerprint density at radius 2 is 2.16 bits per heavy atom. The zero-order chi connectivity index (χ0) is 13.8. The summed E-state index contributed by atoms with van der Waals surface area (Å²) < 4.78 is 5.04. The molecule has 0 saturated heterocycles. The van der Waals surface area contributed by atoms with Gasteiger partial charge in [-0.1, -0.05) is 18.2 Å². The van der Waals surface area contributed by atoms with E-state index in [1.807, 2.05) is 19.1 Å². The summed E-state index contributed by atoms with van der Waals surface area (Å²) in [6, 6.07) is 9.35. The van der Waals surface area contributed by atoms with E-state index in [1.54, 1.807) is 25.3 Å². The number of hydrogen-bond donors (Lipinski definition) is 1. The molecule has 0 saturated carbocycles. The van der Waals surface area contributed by atoms with E-state index in [4.69, 9.17) is 10.00 Å². The van der Waals surface area contributed by atoms with Crippen LogP contribution in [0.25, 0.3) is 11.1 Å². The van der Waals surface area contributed by atoms with Crippen molar-refractivity contribution in [1.29, 1.82) is 5.26 Å². The number of H-pyrrole nitrogens is 1. The minimum Gasteiger partial charge on any atom is -0.462 e. The van der Waals surface area contributed by atoms with Gasteiger partial charge >= 0.3 is 5.97 Å². The van der Waals surface area contributed by atoms with E-state index in [-0.39, 0.29) is 5.97 Å². The molecular weight excluding hydrogens is 240 g/mol. The molecule has 0 bridgehead atoms. The van der Waals surface area contributed by atoms with Crippen LogP contribution in [0.1, 0.15) is 28.5 Å². The number of esters is 1. The Morgan fingerprint density at radius 3 is 2.84 bits per heavy atom. The normalized spacial score (nSPS) is 9.95. The summed E-state index contributed by atoms with van der Waals surface area (Å²) in [7, 11) is 0. The van der Waals surface area contributed by atoms with Gasteiger partial charge in [0.25, 0.3) is 0 Å². The first kappa shape index (κ1) is 12.9. The number of carbonyl (C=O) groups is 1. The van der Waals surface area contributed by atoms with E-state index in [2.05, 4.69) is 11.1 Å². The minimum absolute atomic E-state index is 0.322. The Hall–Kier alpha value is -2.54. The number of aryl methyl sites for hydroxylation is 1. The Balaban J connectivity index is 2.60. The number of carbonyl (C=O) groups excluding carboxylic acids is 1. The molecule has 0 atom stereocenters. The first-order valence-corrected chi connectivity index (χ1v) is 6.03. The van der Waals surface area contributed by atoms with Gasteiger partial charge < -0.3 is 9.72 Å². The van der Waals surface area contributed by atoms with Crippen molar-refractivity contribution in [1.82, 2.24) is 4.98 Å². The van der Waals surface area contributed by atoms with Crippen LogP contribution in [-0.4, -0.2) is 17.6 Å². The maximum absolute atomic E-state index is 11.9. The van der Waals surface area contributed by atoms with Crippen LogP contribution in [-0.2, 0) is 4.74 Å². The van der Waals surface area contributed by atoms with Gasteiger partial charge in [-0.15, -0.1) is 0 Å². The van der Waals surface area contributed by atoms with Gasteiger partial charge in [0.2, 0.25) is 0 Å². The molecule has 0 aliphatic carbocycles. The van der Waals surface area contributed by atoms with Crippen molar-refractivity contribution in [2.24, 2.45) is 0 Å². The molecule has 1 aromatic carbocycles. The smallest absolute Gasteiger partial charge is 0.340 e. The highest BCUT2D eigenvalue weighted by Crippen LogP contribution is 2.30. The molecular formula is C15H14N2O2. The third-order valence-electron chi connectivity index (χ3n) is 2.89. The zero-order valence-electron chi connectivity index (χ0n) is 10.9. The Morgan fingerprint density at radius 1 is 1.42 bits per heavy atom. The molecule has 1 N–H and O–H groups in total. The average Bonchev–Trinajstić information content (AvgIpc) is 2.81. The second kappa shape index (κ2) is 5.40. The number of benzene rings is 1. The molecule has 0 fully saturated rings. The number of nitriles is 1. The van der Waals surface area contributed by atoms with Crippen molar-refractivity contribution in [3.05, 3.63) is 47.3 Å². The molecule has 2 rings (SSSR count). The molecule has 96 valence electrons. The Kier molecular flexibility index (Phi) is 3.67. The lowest BCUT2D eigenvalue weighted by Gasteiger charge is -2.07. The van der Waals surface area contributed by atoms with Crippen LogP contribution < -0.4 is 0 Å². The van der Waals surface area contributed by atoms with Gasteiger partial charge in [-0.05, 0) is 19.9 Å². The van der Waals surface area contributed by atoms with Gasteiger partial charge in [0, 0.05) is 23.0 Å². The maximum Gasteiger partial charge on any atom is 0.340 e. The molecule has 4 nitrogen and oxygen atoms in total. The van der Waals surface area contributed by atoms with Gasteiger partial charge in [-0.3, -0.25) is 0 Å². The summed E-state index contributed by atoms with van der Waals surface area (Å²) in [5.74, 6) is -0.380. The van der Waals surface area contributed by atoms with E-state index in [0.29, 0.717) is 17.7 Å². The second-order valence-corrected chi connectivity index (χ2v) is 4.08. The molecule has 0 aliphatic heterocycles. The fourth-order valence-corrected chi connectivity index (χ4v) is 2.04. The highest BCUT2D eigenvalue weighted by Gasteiger charge is 2.19. The third-order valence-corrected chi connectivity index (χ3v) is 2.89. The number of aromatic nitrogens is 1. The standard InChI is InChI=1S/C15H14N2O2/c1-3-19-15(18)13-9-17-10(2)14(13)12-7-5-4-6-11(12)8-16/h4-7,9,17H,3H2,1-2H3. The molecule has 0 aliphatic rings. The number of ether oxygens (including phenoxy) is 1. The molecule has 2 aromatic rings. The van der Waals surface area contributed by atoms with E-state index in [9.17, 15) is 4.79 Å². The van der Waals surface area contributed by atoms with Gasteiger partial charge in [0.05, 0.1) is 23.8 Å². The summed E-state index contributed by atoms with van der Waals surface area (Å²) in [5.41, 5.74) is 3.31. The quantitative estimate of drug-likeness (QED) is 0.856. The first-order valence-electron chi connectivity index (χ1n) is 6.03. The van der Waals surface area contributed by atoms with E-state index >= 15 is 0 Å². The number of aromatic amines is 1. The van der Waals surface area contributed by atoms with Crippen LogP contribution in [0.5, 0.6) is 0 Å². The van der Waals surface area contributed by atoms with Crippen LogP contribution >= 0.6 is 0 Å². The molecule has 4 heteroatoms. The summed E-state index contributed by atoms with van der Waals surface area (Å²) in [5, 5.41) is 9.16. The monoisotopic (exact) mass is 254 g/mol. The van der Waals surface area contributed by atoms with Crippen LogP contribution in [0.4, 0.5) is 0 Å². The number of nitrogens with zero attached hydrogens (tertiary/aromatic N) is 1. The summed E-state index contributed by atoms with van der Waals surface area (Å²) in [6.45, 7) is 3.95. The largest absolute Gasteiger partial charge is 0.462 e. The van der Waals surface area contributed by atoms with Crippen LogP contribution in [0.15, 0.2) is 30.5 Å². The summed E-state index contributed by atoms with van der Waals surface area (Å²) in [6.07, 6.45) is 1.62. The van der Waals surface area contributed by atoms with Gasteiger partial charge in [0.15, 0.2) is 0 Å². The Bertz CT molecular complexity index is 650. The lowest BCUT2D eigenvalue weighted by molar-refractivity contribution is 0.0527. The van der Waals surface area contributed by atoms with Crippen LogP contribution in [0, 0.1) is 18.3 Å². The third kappa shape index (κ3) is 2.36. The maximum atomic E-state index is 11.9. The predicted octanol–water partition coefficient (Wildman–Crippen LogP) is 3.04. The van der Waals surface area contributed by atoms with Gasteiger partial charge in [0.1, 0.15) is 0 Å². The van der Waals surface area contributed by atoms with E-state index in [1.165, 1.54) is 0 Å². The molecule has 19 heavy (non-hydrogen) atoms. The highest BCUT2D eigenvalue weighted by molar-refractivity contribution is 5.98. The van der Waals surface area contributed by atoms with Crippen molar-refractivity contribution in [2.75, 3.05) is 6.61 Å². The molecule has 0 amide bonds. The molecule has 1 heterocycles. The van der Waals surface area contributed by atoms with Gasteiger partial charge in [-0.2, -0.15) is 5.26 Å². The van der Waals surface area contributed by atoms with Crippen molar-refractivity contribution in [3.8, 4) is 17.2 Å². The fourth-order valence-electron chi connectivity index (χ4n) is 2.04. The summed E-state index contributed by atoms with van der Waals surface area (Å²) >= 11 is 0.